The van der Waals surface area contributed by atoms with Crippen LogP contribution in [0.4, 0.5) is 0 Å². The molecule has 0 saturated carbocycles. The molecule has 1 amide bonds. The zero-order chi connectivity index (χ0) is 18.1. The average Bonchev–Trinajstić information content (AvgIpc) is 2.64. The number of ether oxygens (including phenoxy) is 2. The van der Waals surface area contributed by atoms with Gasteiger partial charge in [0.05, 0.1) is 18.2 Å². The van der Waals surface area contributed by atoms with E-state index in [4.69, 9.17) is 26.2 Å². The number of benzene rings is 2. The first kappa shape index (κ1) is 19.2. The zero-order valence-corrected chi connectivity index (χ0v) is 14.9. The van der Waals surface area contributed by atoms with Gasteiger partial charge in [-0.1, -0.05) is 48.0 Å². The van der Waals surface area contributed by atoms with Crippen molar-refractivity contribution in [1.29, 1.82) is 0 Å². The Bertz CT molecular complexity index is 678. The fourth-order valence-corrected chi connectivity index (χ4v) is 2.55. The van der Waals surface area contributed by atoms with Crippen molar-refractivity contribution in [1.82, 2.24) is 4.90 Å². The lowest BCUT2D eigenvalue weighted by atomic mass is 10.2. The Morgan fingerprint density at radius 2 is 1.92 bits per heavy atom. The molecule has 0 aliphatic carbocycles. The van der Waals surface area contributed by atoms with Crippen molar-refractivity contribution in [2.45, 2.75) is 13.2 Å². The van der Waals surface area contributed by atoms with Crippen molar-refractivity contribution in [3.63, 3.8) is 0 Å². The second kappa shape index (κ2) is 10.0. The van der Waals surface area contributed by atoms with Crippen molar-refractivity contribution in [3.8, 4) is 5.75 Å². The fourth-order valence-electron chi connectivity index (χ4n) is 2.29. The summed E-state index contributed by atoms with van der Waals surface area (Å²) in [4.78, 5) is 14.2. The van der Waals surface area contributed by atoms with Gasteiger partial charge in [-0.2, -0.15) is 0 Å². The van der Waals surface area contributed by atoms with Gasteiger partial charge in [0.15, 0.2) is 6.61 Å². The van der Waals surface area contributed by atoms with Gasteiger partial charge in [-0.05, 0) is 23.3 Å². The number of aliphatic hydroxyl groups excluding tert-OH is 1. The zero-order valence-electron chi connectivity index (χ0n) is 14.2. The summed E-state index contributed by atoms with van der Waals surface area (Å²) in [6, 6.07) is 14.7. The molecular formula is C19H22ClNO4. The summed E-state index contributed by atoms with van der Waals surface area (Å²) in [5.41, 5.74) is 1.73. The van der Waals surface area contributed by atoms with Crippen LogP contribution in [0.5, 0.6) is 5.75 Å². The van der Waals surface area contributed by atoms with Gasteiger partial charge >= 0.3 is 0 Å². The molecule has 2 aromatic rings. The van der Waals surface area contributed by atoms with Crippen molar-refractivity contribution >= 4 is 17.5 Å². The highest BCUT2D eigenvalue weighted by Crippen LogP contribution is 2.25. The Balaban J connectivity index is 1.98. The van der Waals surface area contributed by atoms with E-state index in [9.17, 15) is 4.79 Å². The molecule has 0 spiro atoms. The van der Waals surface area contributed by atoms with Crippen LogP contribution in [-0.2, 0) is 22.7 Å². The standard InChI is InChI=1S/C19H22ClNO4/c1-24-10-9-21(12-15-5-3-2-4-6-15)19(23)14-25-18-8-7-16(13-22)11-17(18)20/h2-8,11,22H,9-10,12-14H2,1H3. The van der Waals surface area contributed by atoms with Crippen molar-refractivity contribution < 1.29 is 19.4 Å². The molecule has 2 rings (SSSR count). The molecule has 0 aromatic heterocycles. The number of nitrogens with zero attached hydrogens (tertiary/aromatic N) is 1. The Labute approximate surface area is 152 Å². The molecule has 2 aromatic carbocycles. The Morgan fingerprint density at radius 1 is 1.16 bits per heavy atom. The molecular weight excluding hydrogens is 342 g/mol. The SMILES string of the molecule is COCCN(Cc1ccccc1)C(=O)COc1ccc(CO)cc1Cl. The van der Waals surface area contributed by atoms with E-state index in [0.29, 0.717) is 36.0 Å². The Morgan fingerprint density at radius 3 is 2.56 bits per heavy atom. The first-order valence-corrected chi connectivity index (χ1v) is 8.34. The maximum atomic E-state index is 12.5. The molecule has 0 heterocycles. The number of hydrogen-bond donors (Lipinski definition) is 1. The monoisotopic (exact) mass is 363 g/mol. The summed E-state index contributed by atoms with van der Waals surface area (Å²) in [5.74, 6) is 0.266. The Hall–Kier alpha value is -2.08. The molecule has 1 N–H and O–H groups in total. The average molecular weight is 364 g/mol. The van der Waals surface area contributed by atoms with Crippen LogP contribution in [-0.4, -0.2) is 42.8 Å². The molecule has 25 heavy (non-hydrogen) atoms. The number of hydrogen-bond acceptors (Lipinski definition) is 4. The molecule has 5 nitrogen and oxygen atoms in total. The number of carbonyl (C=O) groups excluding carboxylic acids is 1. The molecule has 0 fully saturated rings. The van der Waals surface area contributed by atoms with Crippen molar-refractivity contribution in [3.05, 3.63) is 64.7 Å². The van der Waals surface area contributed by atoms with Crippen LogP contribution in [0.2, 0.25) is 5.02 Å². The minimum atomic E-state index is -0.150. The lowest BCUT2D eigenvalue weighted by Crippen LogP contribution is -2.36. The van der Waals surface area contributed by atoms with Gasteiger partial charge in [-0.3, -0.25) is 4.79 Å². The third kappa shape index (κ3) is 6.05. The van der Waals surface area contributed by atoms with Gasteiger partial charge < -0.3 is 19.5 Å². The summed E-state index contributed by atoms with van der Waals surface area (Å²) >= 11 is 6.10. The second-order valence-electron chi connectivity index (χ2n) is 5.51. The van der Waals surface area contributed by atoms with Gasteiger partial charge in [0.2, 0.25) is 0 Å². The molecule has 0 aliphatic heterocycles. The van der Waals surface area contributed by atoms with Crippen molar-refractivity contribution in [2.24, 2.45) is 0 Å². The van der Waals surface area contributed by atoms with E-state index in [1.165, 1.54) is 0 Å². The summed E-state index contributed by atoms with van der Waals surface area (Å²) in [7, 11) is 1.60. The van der Waals surface area contributed by atoms with Gasteiger partial charge in [0.25, 0.3) is 5.91 Å². The quantitative estimate of drug-likeness (QED) is 0.744. The van der Waals surface area contributed by atoms with Gasteiger partial charge in [0.1, 0.15) is 5.75 Å². The number of rotatable bonds is 9. The summed E-state index contributed by atoms with van der Waals surface area (Å²) in [6.45, 7) is 1.20. The molecule has 0 saturated heterocycles. The van der Waals surface area contributed by atoms with Crippen LogP contribution in [0.15, 0.2) is 48.5 Å². The lowest BCUT2D eigenvalue weighted by molar-refractivity contribution is -0.134. The minimum absolute atomic E-state index is 0.0964. The third-order valence-electron chi connectivity index (χ3n) is 3.66. The van der Waals surface area contributed by atoms with Gasteiger partial charge in [-0.25, -0.2) is 0 Å². The predicted octanol–water partition coefficient (Wildman–Crippen LogP) is 2.89. The van der Waals surface area contributed by atoms with E-state index >= 15 is 0 Å². The van der Waals surface area contributed by atoms with Crippen LogP contribution in [0, 0.1) is 0 Å². The number of carbonyl (C=O) groups is 1. The van der Waals surface area contributed by atoms with E-state index in [-0.39, 0.29) is 19.1 Å². The molecule has 0 bridgehead atoms. The molecule has 134 valence electrons. The van der Waals surface area contributed by atoms with E-state index in [1.54, 1.807) is 30.2 Å². The van der Waals surface area contributed by atoms with Crippen LogP contribution < -0.4 is 4.74 Å². The second-order valence-corrected chi connectivity index (χ2v) is 5.91. The maximum absolute atomic E-state index is 12.5. The lowest BCUT2D eigenvalue weighted by Gasteiger charge is -2.23. The fraction of sp³-hybridized carbons (Fsp3) is 0.316. The minimum Gasteiger partial charge on any atom is -0.482 e. The first-order chi connectivity index (χ1) is 12.1. The molecule has 0 atom stereocenters. The van der Waals surface area contributed by atoms with Crippen LogP contribution >= 0.6 is 11.6 Å². The molecule has 0 aliphatic rings. The van der Waals surface area contributed by atoms with Crippen LogP contribution in [0.25, 0.3) is 0 Å². The predicted molar refractivity (Wildman–Crippen MR) is 96.6 cm³/mol. The molecule has 0 radical (unpaired) electrons. The van der Waals surface area contributed by atoms with E-state index in [0.717, 1.165) is 5.56 Å². The summed E-state index contributed by atoms with van der Waals surface area (Å²) in [5, 5.41) is 9.46. The highest BCUT2D eigenvalue weighted by Gasteiger charge is 2.15. The highest BCUT2D eigenvalue weighted by atomic mass is 35.5. The van der Waals surface area contributed by atoms with Gasteiger partial charge in [0, 0.05) is 20.2 Å². The van der Waals surface area contributed by atoms with E-state index < -0.39 is 0 Å². The Kier molecular flexibility index (Phi) is 7.73. The highest BCUT2D eigenvalue weighted by molar-refractivity contribution is 6.32. The number of halogens is 1. The normalized spacial score (nSPS) is 10.5. The van der Waals surface area contributed by atoms with Crippen LogP contribution in [0.1, 0.15) is 11.1 Å². The third-order valence-corrected chi connectivity index (χ3v) is 3.96. The smallest absolute Gasteiger partial charge is 0.260 e. The topological polar surface area (TPSA) is 59.0 Å². The molecule has 0 unspecified atom stereocenters. The number of aliphatic hydroxyl groups is 1. The number of amides is 1. The largest absolute Gasteiger partial charge is 0.482 e. The van der Waals surface area contributed by atoms with E-state index in [1.807, 2.05) is 30.3 Å². The van der Waals surface area contributed by atoms with E-state index in [2.05, 4.69) is 0 Å². The summed E-state index contributed by atoms with van der Waals surface area (Å²) < 4.78 is 10.6. The maximum Gasteiger partial charge on any atom is 0.260 e. The van der Waals surface area contributed by atoms with Crippen LogP contribution in [0.3, 0.4) is 0 Å². The number of methoxy groups -OCH3 is 1. The summed E-state index contributed by atoms with van der Waals surface area (Å²) in [6.07, 6.45) is 0. The molecule has 6 heteroatoms. The van der Waals surface area contributed by atoms with Crippen molar-refractivity contribution in [2.75, 3.05) is 26.9 Å². The van der Waals surface area contributed by atoms with Gasteiger partial charge in [-0.15, -0.1) is 0 Å². The first-order valence-electron chi connectivity index (χ1n) is 7.96.